The van der Waals surface area contributed by atoms with Crippen molar-refractivity contribution in [2.45, 2.75) is 38.8 Å². The zero-order chi connectivity index (χ0) is 11.1. The maximum Gasteiger partial charge on any atom is 0.0920 e. The largest absolute Gasteiger partial charge is 0.388 e. The highest BCUT2D eigenvalue weighted by Crippen LogP contribution is 2.11. The number of amidine groups is 1. The van der Waals surface area contributed by atoms with E-state index in [1.54, 1.807) is 0 Å². The second-order valence-corrected chi connectivity index (χ2v) is 4.86. The number of rotatable bonds is 7. The van der Waals surface area contributed by atoms with Crippen LogP contribution in [-0.4, -0.2) is 41.9 Å². The molecule has 0 rings (SSSR count). The molecule has 0 amide bonds. The van der Waals surface area contributed by atoms with Crippen LogP contribution in [0, 0.1) is 5.41 Å². The molecule has 14 heavy (non-hydrogen) atoms. The highest BCUT2D eigenvalue weighted by Gasteiger charge is 2.15. The van der Waals surface area contributed by atoms with E-state index in [1.165, 1.54) is 12.2 Å². The van der Waals surface area contributed by atoms with Crippen LogP contribution in [0.2, 0.25) is 0 Å². The Morgan fingerprint density at radius 2 is 2.00 bits per heavy atom. The van der Waals surface area contributed by atoms with E-state index in [9.17, 15) is 0 Å². The summed E-state index contributed by atoms with van der Waals surface area (Å²) >= 11 is 1.88. The maximum atomic E-state index is 7.24. The van der Waals surface area contributed by atoms with E-state index in [-0.39, 0.29) is 5.84 Å². The third-order valence-electron chi connectivity index (χ3n) is 2.65. The Labute approximate surface area is 91.9 Å². The highest BCUT2D eigenvalue weighted by atomic mass is 32.2. The van der Waals surface area contributed by atoms with Crippen LogP contribution in [0.3, 0.4) is 0 Å². The van der Waals surface area contributed by atoms with Crippen molar-refractivity contribution in [1.82, 2.24) is 4.90 Å². The van der Waals surface area contributed by atoms with Gasteiger partial charge in [-0.05, 0) is 39.3 Å². The molecular weight excluding hydrogens is 194 g/mol. The minimum atomic E-state index is 0.279. The molecule has 2 atom stereocenters. The Morgan fingerprint density at radius 3 is 2.43 bits per heavy atom. The van der Waals surface area contributed by atoms with Gasteiger partial charge in [-0.2, -0.15) is 11.8 Å². The van der Waals surface area contributed by atoms with Gasteiger partial charge in [0, 0.05) is 18.5 Å². The van der Waals surface area contributed by atoms with Crippen LogP contribution in [-0.2, 0) is 0 Å². The highest BCUT2D eigenvalue weighted by molar-refractivity contribution is 7.98. The molecule has 0 aliphatic rings. The van der Waals surface area contributed by atoms with E-state index in [2.05, 4.69) is 32.1 Å². The standard InChI is InChI=1S/C10H23N3S/c1-8(5-6-14-4)13(3)9(2)7-10(11)12/h8-9H,5-7H2,1-4H3,(H3,11,12). The molecule has 0 aliphatic heterocycles. The molecule has 2 unspecified atom stereocenters. The molecular formula is C10H23N3S. The molecule has 0 aromatic heterocycles. The molecule has 84 valence electrons. The van der Waals surface area contributed by atoms with Crippen molar-refractivity contribution in [3.05, 3.63) is 0 Å². The topological polar surface area (TPSA) is 53.1 Å². The molecule has 0 aromatic rings. The second kappa shape index (κ2) is 7.12. The van der Waals surface area contributed by atoms with Crippen molar-refractivity contribution in [1.29, 1.82) is 5.41 Å². The summed E-state index contributed by atoms with van der Waals surface area (Å²) < 4.78 is 0. The predicted octanol–water partition coefficient (Wildman–Crippen LogP) is 1.77. The molecule has 0 aromatic carbocycles. The van der Waals surface area contributed by atoms with Crippen molar-refractivity contribution >= 4 is 17.6 Å². The van der Waals surface area contributed by atoms with Crippen LogP contribution in [0.25, 0.3) is 0 Å². The molecule has 3 nitrogen and oxygen atoms in total. The van der Waals surface area contributed by atoms with Gasteiger partial charge in [0.2, 0.25) is 0 Å². The smallest absolute Gasteiger partial charge is 0.0920 e. The quantitative estimate of drug-likeness (QED) is 0.505. The Kier molecular flexibility index (Phi) is 7.01. The van der Waals surface area contributed by atoms with Crippen LogP contribution in [0.15, 0.2) is 0 Å². The molecule has 3 N–H and O–H groups in total. The molecule has 0 radical (unpaired) electrons. The number of nitrogens with one attached hydrogen (secondary N) is 1. The summed E-state index contributed by atoms with van der Waals surface area (Å²) in [7, 11) is 2.11. The van der Waals surface area contributed by atoms with Crippen LogP contribution in [0.4, 0.5) is 0 Å². The second-order valence-electron chi connectivity index (χ2n) is 3.87. The Balaban J connectivity index is 3.89. The average molecular weight is 217 g/mol. The third-order valence-corrected chi connectivity index (χ3v) is 3.29. The number of nitrogens with two attached hydrogens (primary N) is 1. The van der Waals surface area contributed by atoms with Gasteiger partial charge in [0.1, 0.15) is 0 Å². The van der Waals surface area contributed by atoms with Gasteiger partial charge in [-0.1, -0.05) is 0 Å². The Morgan fingerprint density at radius 1 is 1.43 bits per heavy atom. The van der Waals surface area contributed by atoms with Crippen LogP contribution < -0.4 is 5.73 Å². The molecule has 0 aliphatic carbocycles. The summed E-state index contributed by atoms with van der Waals surface area (Å²) in [6.07, 6.45) is 3.99. The van der Waals surface area contributed by atoms with Gasteiger partial charge in [-0.15, -0.1) is 0 Å². The van der Waals surface area contributed by atoms with Crippen LogP contribution in [0.5, 0.6) is 0 Å². The van der Waals surface area contributed by atoms with Crippen molar-refractivity contribution in [2.24, 2.45) is 5.73 Å². The fourth-order valence-electron chi connectivity index (χ4n) is 1.39. The summed E-state index contributed by atoms with van der Waals surface area (Å²) in [4.78, 5) is 2.30. The van der Waals surface area contributed by atoms with E-state index >= 15 is 0 Å². The van der Waals surface area contributed by atoms with Gasteiger partial charge in [0.25, 0.3) is 0 Å². The Bertz CT molecular complexity index is 173. The van der Waals surface area contributed by atoms with Crippen molar-refractivity contribution < 1.29 is 0 Å². The van der Waals surface area contributed by atoms with Gasteiger partial charge in [-0.25, -0.2) is 0 Å². The van der Waals surface area contributed by atoms with Crippen molar-refractivity contribution in [3.63, 3.8) is 0 Å². The SMILES string of the molecule is CSCCC(C)N(C)C(C)CC(=N)N. The summed E-state index contributed by atoms with van der Waals surface area (Å²) in [5.74, 6) is 1.47. The summed E-state index contributed by atoms with van der Waals surface area (Å²) in [5.41, 5.74) is 5.38. The van der Waals surface area contributed by atoms with E-state index < -0.39 is 0 Å². The number of thioether (sulfide) groups is 1. The average Bonchev–Trinajstić information content (AvgIpc) is 2.11. The minimum Gasteiger partial charge on any atom is -0.388 e. The van der Waals surface area contributed by atoms with E-state index in [0.717, 1.165) is 0 Å². The molecule has 0 heterocycles. The normalized spacial score (nSPS) is 15.5. The van der Waals surface area contributed by atoms with Crippen molar-refractivity contribution in [2.75, 3.05) is 19.1 Å². The molecule has 0 saturated heterocycles. The lowest BCUT2D eigenvalue weighted by molar-refractivity contribution is 0.196. The van der Waals surface area contributed by atoms with E-state index in [4.69, 9.17) is 11.1 Å². The van der Waals surface area contributed by atoms with Crippen LogP contribution in [0.1, 0.15) is 26.7 Å². The third kappa shape index (κ3) is 5.50. The fourth-order valence-corrected chi connectivity index (χ4v) is 1.97. The first-order valence-electron chi connectivity index (χ1n) is 5.02. The fraction of sp³-hybridized carbons (Fsp3) is 0.900. The first kappa shape index (κ1) is 13.8. The monoisotopic (exact) mass is 217 g/mol. The van der Waals surface area contributed by atoms with Gasteiger partial charge in [0.15, 0.2) is 0 Å². The maximum absolute atomic E-state index is 7.24. The van der Waals surface area contributed by atoms with Gasteiger partial charge >= 0.3 is 0 Å². The molecule has 0 bridgehead atoms. The zero-order valence-electron chi connectivity index (χ0n) is 9.71. The summed E-state index contributed by atoms with van der Waals surface area (Å²) in [5, 5.41) is 7.24. The van der Waals surface area contributed by atoms with Crippen LogP contribution >= 0.6 is 11.8 Å². The Hall–Kier alpha value is -0.220. The number of nitrogens with zero attached hydrogens (tertiary/aromatic N) is 1. The van der Waals surface area contributed by atoms with E-state index in [1.807, 2.05) is 11.8 Å². The van der Waals surface area contributed by atoms with Gasteiger partial charge in [-0.3, -0.25) is 5.41 Å². The van der Waals surface area contributed by atoms with Gasteiger partial charge < -0.3 is 10.6 Å². The minimum absolute atomic E-state index is 0.279. The van der Waals surface area contributed by atoms with Crippen molar-refractivity contribution in [3.8, 4) is 0 Å². The first-order chi connectivity index (χ1) is 6.49. The lowest BCUT2D eigenvalue weighted by Crippen LogP contribution is -2.39. The zero-order valence-corrected chi connectivity index (χ0v) is 10.5. The van der Waals surface area contributed by atoms with E-state index in [0.29, 0.717) is 18.5 Å². The lowest BCUT2D eigenvalue weighted by atomic mass is 10.1. The summed E-state index contributed by atoms with van der Waals surface area (Å²) in [6, 6.07) is 0.932. The first-order valence-corrected chi connectivity index (χ1v) is 6.42. The molecule has 0 spiro atoms. The number of hydrogen-bond acceptors (Lipinski definition) is 3. The lowest BCUT2D eigenvalue weighted by Gasteiger charge is -2.30. The predicted molar refractivity (Wildman–Crippen MR) is 66.2 cm³/mol. The summed E-state index contributed by atoms with van der Waals surface area (Å²) in [6.45, 7) is 4.35. The molecule has 4 heteroatoms. The molecule has 0 saturated carbocycles. The van der Waals surface area contributed by atoms with Gasteiger partial charge in [0.05, 0.1) is 5.84 Å². The molecule has 0 fully saturated rings. The number of hydrogen-bond donors (Lipinski definition) is 2.